The van der Waals surface area contributed by atoms with Crippen LogP contribution in [-0.4, -0.2) is 41.9 Å². The van der Waals surface area contributed by atoms with Gasteiger partial charge >= 0.3 is 0 Å². The number of rotatable bonds is 4. The summed E-state index contributed by atoms with van der Waals surface area (Å²) in [4.78, 5) is 12.8. The first-order valence-corrected chi connectivity index (χ1v) is 8.91. The number of hydrogen-bond acceptors (Lipinski definition) is 4. The number of nitrogens with zero attached hydrogens (tertiary/aromatic N) is 2. The predicted molar refractivity (Wildman–Crippen MR) is 102 cm³/mol. The standard InChI is InChI=1S/C19H24N4O2.ClH/c1-23-12-14(9-22-23)16-10-20-11-17(16)19(24)21-8-13-6-7-25-18-5-3-2-4-15(13)18;/h2-5,9,12-13,16-17,20H,6-8,10-11H2,1H3,(H,21,24);1H/t13?,16-,17+;/m1./s1. The molecule has 26 heavy (non-hydrogen) atoms. The predicted octanol–water partition coefficient (Wildman–Crippen LogP) is 1.83. The van der Waals surface area contributed by atoms with Gasteiger partial charge in [0.25, 0.3) is 0 Å². The molecule has 6 nitrogen and oxygen atoms in total. The van der Waals surface area contributed by atoms with Gasteiger partial charge in [0.2, 0.25) is 5.91 Å². The fourth-order valence-corrected chi connectivity index (χ4v) is 3.92. The average molecular weight is 377 g/mol. The Hall–Kier alpha value is -2.05. The summed E-state index contributed by atoms with van der Waals surface area (Å²) in [6.45, 7) is 2.91. The average Bonchev–Trinajstić information content (AvgIpc) is 3.28. The van der Waals surface area contributed by atoms with Crippen molar-refractivity contribution in [2.75, 3.05) is 26.2 Å². The van der Waals surface area contributed by atoms with Gasteiger partial charge in [-0.3, -0.25) is 9.48 Å². The summed E-state index contributed by atoms with van der Waals surface area (Å²) in [5.74, 6) is 1.54. The molecule has 1 aromatic carbocycles. The molecule has 1 unspecified atom stereocenters. The van der Waals surface area contributed by atoms with Crippen molar-refractivity contribution in [3.05, 3.63) is 47.8 Å². The third-order valence-electron chi connectivity index (χ3n) is 5.31. The Balaban J connectivity index is 0.00000196. The summed E-state index contributed by atoms with van der Waals surface area (Å²) in [5.41, 5.74) is 2.33. The largest absolute Gasteiger partial charge is 0.493 e. The van der Waals surface area contributed by atoms with Gasteiger partial charge in [0, 0.05) is 44.7 Å². The van der Waals surface area contributed by atoms with Crippen molar-refractivity contribution in [3.8, 4) is 5.75 Å². The topological polar surface area (TPSA) is 68.2 Å². The van der Waals surface area contributed by atoms with E-state index in [4.69, 9.17) is 4.74 Å². The number of nitrogens with one attached hydrogen (secondary N) is 2. The van der Waals surface area contributed by atoms with Crippen molar-refractivity contribution in [2.45, 2.75) is 18.3 Å². The number of hydrogen-bond donors (Lipinski definition) is 2. The number of ether oxygens (including phenoxy) is 1. The molecule has 2 aliphatic rings. The van der Waals surface area contributed by atoms with E-state index in [9.17, 15) is 4.79 Å². The zero-order valence-electron chi connectivity index (χ0n) is 14.9. The number of aryl methyl sites for hydroxylation is 1. The summed E-state index contributed by atoms with van der Waals surface area (Å²) >= 11 is 0. The van der Waals surface area contributed by atoms with Crippen LogP contribution in [-0.2, 0) is 11.8 Å². The van der Waals surface area contributed by atoms with Crippen LogP contribution in [0.25, 0.3) is 0 Å². The maximum Gasteiger partial charge on any atom is 0.225 e. The Morgan fingerprint density at radius 3 is 3.04 bits per heavy atom. The molecule has 140 valence electrons. The van der Waals surface area contributed by atoms with E-state index in [1.165, 1.54) is 5.56 Å². The second kappa shape index (κ2) is 8.10. The molecule has 4 rings (SSSR count). The minimum absolute atomic E-state index is 0. The van der Waals surface area contributed by atoms with E-state index in [0.717, 1.165) is 30.8 Å². The van der Waals surface area contributed by atoms with Gasteiger partial charge in [-0.25, -0.2) is 0 Å². The lowest BCUT2D eigenvalue weighted by Gasteiger charge is -2.27. The first-order chi connectivity index (χ1) is 12.2. The van der Waals surface area contributed by atoms with Crippen LogP contribution in [0.3, 0.4) is 0 Å². The van der Waals surface area contributed by atoms with Gasteiger partial charge in [-0.15, -0.1) is 12.4 Å². The van der Waals surface area contributed by atoms with E-state index in [2.05, 4.69) is 21.8 Å². The number of carbonyl (C=O) groups excluding carboxylic acids is 1. The minimum atomic E-state index is -0.0423. The van der Waals surface area contributed by atoms with Gasteiger partial charge in [-0.05, 0) is 23.6 Å². The second-order valence-corrected chi connectivity index (χ2v) is 6.94. The third-order valence-corrected chi connectivity index (χ3v) is 5.31. The fourth-order valence-electron chi connectivity index (χ4n) is 3.92. The quantitative estimate of drug-likeness (QED) is 0.854. The van der Waals surface area contributed by atoms with Crippen molar-refractivity contribution in [3.63, 3.8) is 0 Å². The van der Waals surface area contributed by atoms with Crippen molar-refractivity contribution in [2.24, 2.45) is 13.0 Å². The van der Waals surface area contributed by atoms with E-state index in [1.54, 1.807) is 4.68 Å². The number of para-hydroxylation sites is 1. The number of aromatic nitrogens is 2. The highest BCUT2D eigenvalue weighted by Crippen LogP contribution is 2.33. The van der Waals surface area contributed by atoms with Gasteiger partial charge in [-0.1, -0.05) is 18.2 Å². The molecule has 1 saturated heterocycles. The lowest BCUT2D eigenvalue weighted by atomic mass is 9.89. The zero-order chi connectivity index (χ0) is 17.2. The molecule has 0 aliphatic carbocycles. The van der Waals surface area contributed by atoms with Crippen LogP contribution in [0.1, 0.15) is 29.4 Å². The van der Waals surface area contributed by atoms with E-state index >= 15 is 0 Å². The van der Waals surface area contributed by atoms with E-state index in [0.29, 0.717) is 19.1 Å². The van der Waals surface area contributed by atoms with Gasteiger partial charge in [0.15, 0.2) is 0 Å². The van der Waals surface area contributed by atoms with Crippen molar-refractivity contribution in [1.29, 1.82) is 0 Å². The van der Waals surface area contributed by atoms with Crippen LogP contribution in [0, 0.1) is 5.92 Å². The smallest absolute Gasteiger partial charge is 0.225 e. The summed E-state index contributed by atoms with van der Waals surface area (Å²) < 4.78 is 7.50. The van der Waals surface area contributed by atoms with E-state index in [-0.39, 0.29) is 30.2 Å². The molecule has 3 heterocycles. The lowest BCUT2D eigenvalue weighted by molar-refractivity contribution is -0.124. The molecule has 2 N–H and O–H groups in total. The molecule has 3 atom stereocenters. The van der Waals surface area contributed by atoms with Crippen LogP contribution in [0.2, 0.25) is 0 Å². The van der Waals surface area contributed by atoms with Crippen LogP contribution in [0.4, 0.5) is 0 Å². The molecule has 2 aliphatic heterocycles. The maximum absolute atomic E-state index is 12.8. The van der Waals surface area contributed by atoms with Crippen LogP contribution in [0.5, 0.6) is 5.75 Å². The molecule has 1 aromatic heterocycles. The zero-order valence-corrected chi connectivity index (χ0v) is 15.7. The number of amides is 1. The Morgan fingerprint density at radius 1 is 1.38 bits per heavy atom. The molecular weight excluding hydrogens is 352 g/mol. The van der Waals surface area contributed by atoms with E-state index < -0.39 is 0 Å². The second-order valence-electron chi connectivity index (χ2n) is 6.94. The van der Waals surface area contributed by atoms with Crippen LogP contribution in [0.15, 0.2) is 36.7 Å². The third kappa shape index (κ3) is 3.71. The number of fused-ring (bicyclic) bond motifs is 1. The van der Waals surface area contributed by atoms with Gasteiger partial charge < -0.3 is 15.4 Å². The monoisotopic (exact) mass is 376 g/mol. The van der Waals surface area contributed by atoms with Gasteiger partial charge in [0.05, 0.1) is 18.7 Å². The molecular formula is C19H25ClN4O2. The number of halogens is 1. The molecule has 7 heteroatoms. The SMILES string of the molecule is Cl.Cn1cc([C@H]2CNC[C@@H]2C(=O)NCC2CCOc3ccccc32)cn1. The number of carbonyl (C=O) groups is 1. The van der Waals surface area contributed by atoms with Crippen LogP contribution >= 0.6 is 12.4 Å². The molecule has 0 spiro atoms. The normalized spacial score (nSPS) is 24.3. The Kier molecular flexibility index (Phi) is 5.84. The van der Waals surface area contributed by atoms with Crippen molar-refractivity contribution in [1.82, 2.24) is 20.4 Å². The molecule has 1 fully saturated rings. The van der Waals surface area contributed by atoms with Crippen molar-refractivity contribution >= 4 is 18.3 Å². The molecule has 0 radical (unpaired) electrons. The molecule has 1 amide bonds. The van der Waals surface area contributed by atoms with Gasteiger partial charge in [0.1, 0.15) is 5.75 Å². The Morgan fingerprint density at radius 2 is 2.23 bits per heavy atom. The first kappa shape index (κ1) is 18.7. The molecule has 0 bridgehead atoms. The van der Waals surface area contributed by atoms with Crippen LogP contribution < -0.4 is 15.4 Å². The summed E-state index contributed by atoms with van der Waals surface area (Å²) in [6, 6.07) is 8.12. The van der Waals surface area contributed by atoms with Crippen molar-refractivity contribution < 1.29 is 9.53 Å². The highest BCUT2D eigenvalue weighted by Gasteiger charge is 2.35. The van der Waals surface area contributed by atoms with E-state index in [1.807, 2.05) is 37.6 Å². The summed E-state index contributed by atoms with van der Waals surface area (Å²) in [5, 5.41) is 10.8. The summed E-state index contributed by atoms with van der Waals surface area (Å²) in [6.07, 6.45) is 4.81. The lowest BCUT2D eigenvalue weighted by Crippen LogP contribution is -2.37. The van der Waals surface area contributed by atoms with Gasteiger partial charge in [-0.2, -0.15) is 5.10 Å². The highest BCUT2D eigenvalue weighted by molar-refractivity contribution is 5.85. The molecule has 2 aromatic rings. The number of benzene rings is 1. The Bertz CT molecular complexity index is 764. The Labute approximate surface area is 159 Å². The molecule has 0 saturated carbocycles. The summed E-state index contributed by atoms with van der Waals surface area (Å²) in [7, 11) is 1.91. The maximum atomic E-state index is 12.8. The fraction of sp³-hybridized carbons (Fsp3) is 0.474. The minimum Gasteiger partial charge on any atom is -0.493 e. The first-order valence-electron chi connectivity index (χ1n) is 8.91. The highest BCUT2D eigenvalue weighted by atomic mass is 35.5.